The average Bonchev–Trinajstić information content (AvgIpc) is 2.62. The van der Waals surface area contributed by atoms with Gasteiger partial charge in [-0.25, -0.2) is 14.7 Å². The van der Waals surface area contributed by atoms with Crippen molar-refractivity contribution in [2.45, 2.75) is 13.5 Å². The number of aliphatic hydroxyl groups excluding tert-OH is 1. The Morgan fingerprint density at radius 3 is 2.67 bits per heavy atom. The van der Waals surface area contributed by atoms with Gasteiger partial charge in [-0.2, -0.15) is 0 Å². The summed E-state index contributed by atoms with van der Waals surface area (Å²) in [6, 6.07) is 4.32. The van der Waals surface area contributed by atoms with E-state index in [2.05, 4.69) is 5.32 Å². The molecule has 1 aromatic carbocycles. The first-order chi connectivity index (χ1) is 12.8. The second-order valence-corrected chi connectivity index (χ2v) is 6.61. The smallest absolute Gasteiger partial charge is 0.332 e. The van der Waals surface area contributed by atoms with Crippen molar-refractivity contribution in [2.24, 2.45) is 7.05 Å². The second kappa shape index (κ2) is 9.10. The summed E-state index contributed by atoms with van der Waals surface area (Å²) in [5.41, 5.74) is 0.0835. The van der Waals surface area contributed by atoms with Crippen LogP contribution in [-0.4, -0.2) is 33.4 Å². The molecule has 0 atom stereocenters. The zero-order valence-corrected chi connectivity index (χ0v) is 16.7. The summed E-state index contributed by atoms with van der Waals surface area (Å²) in [4.78, 5) is 42.2. The molecule has 0 saturated carbocycles. The van der Waals surface area contributed by atoms with E-state index in [0.29, 0.717) is 3.57 Å². The molecule has 2 aromatic rings. The third-order valence-corrected chi connectivity index (χ3v) is 4.31. The molecule has 0 bridgehead atoms. The van der Waals surface area contributed by atoms with Crippen molar-refractivity contribution in [1.29, 1.82) is 0 Å². The fourth-order valence-corrected chi connectivity index (χ4v) is 2.78. The molecule has 146 valence electrons. The van der Waals surface area contributed by atoms with E-state index in [4.69, 9.17) is 9.94 Å². The molecular formula is C16H18FIN4O5. The molecule has 1 aromatic heterocycles. The van der Waals surface area contributed by atoms with Crippen molar-refractivity contribution >= 4 is 40.0 Å². The SMILES string of the molecule is CCn1c(=O)c(C(=O)NOCCO)c(Nc2ccc(I)cc2F)n(C)c1=O. The zero-order valence-electron chi connectivity index (χ0n) is 14.6. The van der Waals surface area contributed by atoms with Gasteiger partial charge >= 0.3 is 5.69 Å². The summed E-state index contributed by atoms with van der Waals surface area (Å²) < 4.78 is 16.8. The van der Waals surface area contributed by atoms with Crippen LogP contribution in [0, 0.1) is 9.39 Å². The Kier molecular flexibility index (Phi) is 7.10. The molecule has 0 fully saturated rings. The number of carbonyl (C=O) groups excluding carboxylic acids is 1. The number of halogens is 2. The predicted octanol–water partition coefficient (Wildman–Crippen LogP) is 0.708. The predicted molar refractivity (Wildman–Crippen MR) is 105 cm³/mol. The lowest BCUT2D eigenvalue weighted by Crippen LogP contribution is -2.44. The highest BCUT2D eigenvalue weighted by atomic mass is 127. The molecule has 27 heavy (non-hydrogen) atoms. The van der Waals surface area contributed by atoms with Gasteiger partial charge in [0.2, 0.25) is 0 Å². The van der Waals surface area contributed by atoms with Crippen LogP contribution in [0.1, 0.15) is 17.3 Å². The molecule has 0 saturated heterocycles. The largest absolute Gasteiger partial charge is 0.394 e. The standard InChI is InChI=1S/C16H18FIN4O5/c1-3-22-15(25)12(14(24)20-27-7-6-23)13(21(2)16(22)26)19-11-5-4-9(18)8-10(11)17/h4-5,8,19,23H,3,6-7H2,1-2H3,(H,20,24). The van der Waals surface area contributed by atoms with Gasteiger partial charge in [0.25, 0.3) is 11.5 Å². The minimum Gasteiger partial charge on any atom is -0.394 e. The number of anilines is 2. The minimum absolute atomic E-state index is 0.00982. The van der Waals surface area contributed by atoms with E-state index in [1.54, 1.807) is 13.0 Å². The molecule has 11 heteroatoms. The lowest BCUT2D eigenvalue weighted by Gasteiger charge is -2.17. The monoisotopic (exact) mass is 492 g/mol. The Bertz CT molecular complexity index is 973. The zero-order chi connectivity index (χ0) is 20.1. The van der Waals surface area contributed by atoms with Crippen LogP contribution in [0.5, 0.6) is 0 Å². The number of amides is 1. The van der Waals surface area contributed by atoms with Crippen molar-refractivity contribution in [2.75, 3.05) is 18.5 Å². The van der Waals surface area contributed by atoms with E-state index >= 15 is 0 Å². The maximum Gasteiger partial charge on any atom is 0.332 e. The number of hydrogen-bond acceptors (Lipinski definition) is 6. The lowest BCUT2D eigenvalue weighted by molar-refractivity contribution is 0.0167. The Morgan fingerprint density at radius 1 is 1.37 bits per heavy atom. The van der Waals surface area contributed by atoms with Gasteiger partial charge < -0.3 is 10.4 Å². The van der Waals surface area contributed by atoms with Crippen LogP contribution in [0.15, 0.2) is 27.8 Å². The van der Waals surface area contributed by atoms with Crippen LogP contribution in [0.2, 0.25) is 0 Å². The number of nitrogens with one attached hydrogen (secondary N) is 2. The van der Waals surface area contributed by atoms with Crippen LogP contribution in [0.3, 0.4) is 0 Å². The van der Waals surface area contributed by atoms with E-state index in [1.807, 2.05) is 28.1 Å². The Balaban J connectivity index is 2.61. The van der Waals surface area contributed by atoms with Crippen LogP contribution in [-0.2, 0) is 18.4 Å². The van der Waals surface area contributed by atoms with E-state index < -0.39 is 28.5 Å². The molecule has 0 unspecified atom stereocenters. The van der Waals surface area contributed by atoms with Gasteiger partial charge in [0, 0.05) is 17.2 Å². The van der Waals surface area contributed by atoms with Gasteiger partial charge in [-0.1, -0.05) is 0 Å². The number of nitrogens with zero attached hydrogens (tertiary/aromatic N) is 2. The molecule has 0 spiro atoms. The fourth-order valence-electron chi connectivity index (χ4n) is 2.33. The summed E-state index contributed by atoms with van der Waals surface area (Å²) in [5, 5.41) is 11.4. The molecule has 0 aliphatic carbocycles. The highest BCUT2D eigenvalue weighted by Gasteiger charge is 2.24. The third-order valence-electron chi connectivity index (χ3n) is 3.63. The fraction of sp³-hybridized carbons (Fsp3) is 0.312. The summed E-state index contributed by atoms with van der Waals surface area (Å²) >= 11 is 1.94. The Morgan fingerprint density at radius 2 is 2.07 bits per heavy atom. The molecule has 0 aliphatic heterocycles. The average molecular weight is 492 g/mol. The van der Waals surface area contributed by atoms with E-state index in [9.17, 15) is 18.8 Å². The maximum absolute atomic E-state index is 14.2. The number of aliphatic hydroxyl groups is 1. The first-order valence-electron chi connectivity index (χ1n) is 7.90. The molecule has 1 amide bonds. The summed E-state index contributed by atoms with van der Waals surface area (Å²) in [7, 11) is 1.35. The summed E-state index contributed by atoms with van der Waals surface area (Å²) in [5.74, 6) is -1.73. The van der Waals surface area contributed by atoms with E-state index in [1.165, 1.54) is 19.2 Å². The van der Waals surface area contributed by atoms with Crippen molar-refractivity contribution < 1.29 is 19.1 Å². The van der Waals surface area contributed by atoms with Gasteiger partial charge in [-0.15, -0.1) is 0 Å². The quantitative estimate of drug-likeness (QED) is 0.298. The highest BCUT2D eigenvalue weighted by molar-refractivity contribution is 14.1. The van der Waals surface area contributed by atoms with Gasteiger partial charge in [0.1, 0.15) is 17.2 Å². The van der Waals surface area contributed by atoms with Crippen molar-refractivity contribution in [1.82, 2.24) is 14.6 Å². The number of hydrogen-bond donors (Lipinski definition) is 3. The maximum atomic E-state index is 14.2. The van der Waals surface area contributed by atoms with Crippen molar-refractivity contribution in [3.8, 4) is 0 Å². The summed E-state index contributed by atoms with van der Waals surface area (Å²) in [6.07, 6.45) is 0. The Hall–Kier alpha value is -2.25. The van der Waals surface area contributed by atoms with Gasteiger partial charge in [0.05, 0.1) is 18.9 Å². The minimum atomic E-state index is -0.931. The normalized spacial score (nSPS) is 10.7. The van der Waals surface area contributed by atoms with Crippen LogP contribution in [0.25, 0.3) is 0 Å². The van der Waals surface area contributed by atoms with E-state index in [0.717, 1.165) is 9.13 Å². The number of aromatic nitrogens is 2. The molecule has 3 N–H and O–H groups in total. The molecule has 1 heterocycles. The Labute approximate surface area is 166 Å². The number of benzene rings is 1. The van der Waals surface area contributed by atoms with Gasteiger partial charge in [-0.05, 0) is 47.7 Å². The van der Waals surface area contributed by atoms with Crippen LogP contribution in [0.4, 0.5) is 15.9 Å². The first kappa shape index (κ1) is 21.1. The summed E-state index contributed by atoms with van der Waals surface area (Å²) in [6.45, 7) is 1.10. The number of carbonyl (C=O) groups is 1. The molecule has 2 rings (SSSR count). The number of rotatable bonds is 7. The first-order valence-corrected chi connectivity index (χ1v) is 8.98. The van der Waals surface area contributed by atoms with Crippen LogP contribution < -0.4 is 22.0 Å². The molecule has 0 aliphatic rings. The lowest BCUT2D eigenvalue weighted by atomic mass is 10.2. The van der Waals surface area contributed by atoms with Gasteiger partial charge in [0.15, 0.2) is 0 Å². The molecule has 0 radical (unpaired) electrons. The number of hydroxylamine groups is 1. The van der Waals surface area contributed by atoms with Crippen LogP contribution >= 0.6 is 22.6 Å². The molecular weight excluding hydrogens is 474 g/mol. The highest BCUT2D eigenvalue weighted by Crippen LogP contribution is 2.22. The molecule has 9 nitrogen and oxygen atoms in total. The third kappa shape index (κ3) is 4.54. The van der Waals surface area contributed by atoms with Crippen molar-refractivity contribution in [3.63, 3.8) is 0 Å². The van der Waals surface area contributed by atoms with Gasteiger partial charge in [-0.3, -0.25) is 23.6 Å². The van der Waals surface area contributed by atoms with Crippen molar-refractivity contribution in [3.05, 3.63) is 54.0 Å². The van der Waals surface area contributed by atoms with E-state index in [-0.39, 0.29) is 31.3 Å². The second-order valence-electron chi connectivity index (χ2n) is 5.37. The topological polar surface area (TPSA) is 115 Å².